The van der Waals surface area contributed by atoms with E-state index in [1.165, 1.54) is 23.6 Å². The van der Waals surface area contributed by atoms with Crippen LogP contribution in [-0.2, 0) is 16.6 Å². The van der Waals surface area contributed by atoms with E-state index in [0.29, 0.717) is 0 Å². The van der Waals surface area contributed by atoms with E-state index < -0.39 is 10.0 Å². The van der Waals surface area contributed by atoms with E-state index in [1.807, 2.05) is 6.92 Å². The molecule has 2 N–H and O–H groups in total. The van der Waals surface area contributed by atoms with E-state index >= 15 is 0 Å². The number of aromatic amines is 1. The van der Waals surface area contributed by atoms with Crippen molar-refractivity contribution in [3.05, 3.63) is 28.3 Å². The molecule has 0 aliphatic heterocycles. The van der Waals surface area contributed by atoms with E-state index in [0.717, 1.165) is 9.88 Å². The number of hydrogen-bond donors (Lipinski definition) is 2. The second kappa shape index (κ2) is 4.32. The lowest BCUT2D eigenvalue weighted by molar-refractivity contribution is 0.577. The van der Waals surface area contributed by atoms with Gasteiger partial charge in [-0.15, -0.1) is 11.3 Å². The summed E-state index contributed by atoms with van der Waals surface area (Å²) in [7, 11) is -3.50. The zero-order valence-corrected chi connectivity index (χ0v) is 10.1. The minimum atomic E-state index is -3.50. The number of rotatable bonds is 4. The summed E-state index contributed by atoms with van der Waals surface area (Å²) < 4.78 is 25.8. The summed E-state index contributed by atoms with van der Waals surface area (Å²) in [5.41, 5.74) is 0. The normalized spacial score (nSPS) is 11.8. The molecule has 86 valence electrons. The molecule has 0 aromatic carbocycles. The number of sulfonamides is 1. The number of aryl methyl sites for hydroxylation is 1. The molecular weight excluding hydrogens is 248 g/mol. The largest absolute Gasteiger partial charge is 0.266 e. The molecule has 0 aliphatic rings. The fourth-order valence-electron chi connectivity index (χ4n) is 1.12. The Balaban J connectivity index is 2.06. The number of nitrogens with one attached hydrogen (secondary N) is 2. The number of aromatic nitrogens is 3. The third-order valence-electron chi connectivity index (χ3n) is 1.87. The first-order valence-corrected chi connectivity index (χ1v) is 6.78. The maximum absolute atomic E-state index is 11.7. The maximum atomic E-state index is 11.7. The summed E-state index contributed by atoms with van der Waals surface area (Å²) in [6, 6.07) is 1.40. The van der Waals surface area contributed by atoms with Gasteiger partial charge in [-0.2, -0.15) is 5.10 Å². The lowest BCUT2D eigenvalue weighted by Gasteiger charge is -2.01. The summed E-state index contributed by atoms with van der Waals surface area (Å²) in [5.74, 6) is 0. The number of hydrogen-bond acceptors (Lipinski definition) is 5. The fraction of sp³-hybridized carbons (Fsp3) is 0.250. The first-order chi connectivity index (χ1) is 7.58. The van der Waals surface area contributed by atoms with Gasteiger partial charge in [-0.3, -0.25) is 5.10 Å². The van der Waals surface area contributed by atoms with Crippen LogP contribution in [0.15, 0.2) is 23.5 Å². The van der Waals surface area contributed by atoms with Gasteiger partial charge in [0.15, 0.2) is 5.03 Å². The van der Waals surface area contributed by atoms with Crippen molar-refractivity contribution < 1.29 is 8.42 Å². The van der Waals surface area contributed by atoms with Gasteiger partial charge < -0.3 is 0 Å². The molecule has 0 unspecified atom stereocenters. The number of H-pyrrole nitrogens is 1. The molecule has 6 nitrogen and oxygen atoms in total. The molecule has 16 heavy (non-hydrogen) atoms. The monoisotopic (exact) mass is 258 g/mol. The minimum absolute atomic E-state index is 0.0636. The predicted molar refractivity (Wildman–Crippen MR) is 59.5 cm³/mol. The van der Waals surface area contributed by atoms with Crippen molar-refractivity contribution >= 4 is 21.4 Å². The van der Waals surface area contributed by atoms with Crippen molar-refractivity contribution in [3.8, 4) is 0 Å². The van der Waals surface area contributed by atoms with E-state index in [4.69, 9.17) is 0 Å². The molecule has 0 saturated heterocycles. The van der Waals surface area contributed by atoms with Gasteiger partial charge >= 0.3 is 0 Å². The Bertz CT molecular complexity index is 559. The number of nitrogens with zero attached hydrogens (tertiary/aromatic N) is 2. The molecule has 0 atom stereocenters. The van der Waals surface area contributed by atoms with Crippen molar-refractivity contribution in [1.29, 1.82) is 0 Å². The fourth-order valence-corrected chi connectivity index (χ4v) is 2.86. The van der Waals surface area contributed by atoms with Crippen molar-refractivity contribution in [2.45, 2.75) is 18.5 Å². The van der Waals surface area contributed by atoms with Gasteiger partial charge in [0.25, 0.3) is 10.0 Å². The zero-order valence-electron chi connectivity index (χ0n) is 8.47. The summed E-state index contributed by atoms with van der Waals surface area (Å²) in [5, 5.41) is 6.98. The van der Waals surface area contributed by atoms with Gasteiger partial charge in [-0.25, -0.2) is 18.1 Å². The van der Waals surface area contributed by atoms with E-state index in [2.05, 4.69) is 19.9 Å². The summed E-state index contributed by atoms with van der Waals surface area (Å²) in [6.45, 7) is 2.12. The standard InChI is InChI=1S/C8H10N4O2S2/c1-6-9-4-7(15-6)5-11-16(13,14)8-2-3-10-12-8/h2-4,11H,5H2,1H3,(H,10,12). The second-order valence-corrected chi connectivity index (χ2v) is 6.15. The quantitative estimate of drug-likeness (QED) is 0.843. The minimum Gasteiger partial charge on any atom is -0.266 e. The molecule has 2 aromatic heterocycles. The van der Waals surface area contributed by atoms with Gasteiger partial charge in [0.1, 0.15) is 0 Å². The van der Waals surface area contributed by atoms with Crippen LogP contribution in [0.4, 0.5) is 0 Å². The van der Waals surface area contributed by atoms with Gasteiger partial charge in [0, 0.05) is 17.6 Å². The van der Waals surface area contributed by atoms with E-state index in [1.54, 1.807) is 6.20 Å². The Morgan fingerprint density at radius 2 is 2.38 bits per heavy atom. The van der Waals surface area contributed by atoms with Crippen LogP contribution in [0.3, 0.4) is 0 Å². The van der Waals surface area contributed by atoms with Crippen LogP contribution in [0.2, 0.25) is 0 Å². The van der Waals surface area contributed by atoms with Gasteiger partial charge in [0.05, 0.1) is 11.2 Å². The highest BCUT2D eigenvalue weighted by atomic mass is 32.2. The molecular formula is C8H10N4O2S2. The molecule has 2 heterocycles. The predicted octanol–water partition coefficient (Wildman–Crippen LogP) is 0.653. The highest BCUT2D eigenvalue weighted by Crippen LogP contribution is 2.12. The van der Waals surface area contributed by atoms with Crippen LogP contribution in [0.5, 0.6) is 0 Å². The van der Waals surface area contributed by atoms with Crippen molar-refractivity contribution in [2.75, 3.05) is 0 Å². The summed E-state index contributed by atoms with van der Waals surface area (Å²) in [4.78, 5) is 4.92. The van der Waals surface area contributed by atoms with Crippen molar-refractivity contribution in [3.63, 3.8) is 0 Å². The van der Waals surface area contributed by atoms with Gasteiger partial charge in [0.2, 0.25) is 0 Å². The van der Waals surface area contributed by atoms with Crippen molar-refractivity contribution in [1.82, 2.24) is 19.9 Å². The molecule has 0 amide bonds. The molecule has 2 rings (SSSR count). The lowest BCUT2D eigenvalue weighted by atomic mass is 10.6. The molecule has 0 saturated carbocycles. The molecule has 2 aromatic rings. The SMILES string of the molecule is Cc1ncc(CNS(=O)(=O)c2ccn[nH]2)s1. The first-order valence-electron chi connectivity index (χ1n) is 4.48. The summed E-state index contributed by atoms with van der Waals surface area (Å²) >= 11 is 1.46. The molecule has 0 aliphatic carbocycles. The Morgan fingerprint density at radius 1 is 1.56 bits per heavy atom. The highest BCUT2D eigenvalue weighted by Gasteiger charge is 2.15. The zero-order chi connectivity index (χ0) is 11.6. The first kappa shape index (κ1) is 11.2. The Morgan fingerprint density at radius 3 is 2.94 bits per heavy atom. The van der Waals surface area contributed by atoms with Gasteiger partial charge in [-0.05, 0) is 13.0 Å². The Kier molecular flexibility index (Phi) is 3.03. The molecule has 0 spiro atoms. The van der Waals surface area contributed by atoms with Crippen LogP contribution in [0.1, 0.15) is 9.88 Å². The molecule has 0 bridgehead atoms. The molecule has 8 heteroatoms. The van der Waals surface area contributed by atoms with Crippen LogP contribution in [-0.4, -0.2) is 23.6 Å². The van der Waals surface area contributed by atoms with Crippen molar-refractivity contribution in [2.24, 2.45) is 0 Å². The van der Waals surface area contributed by atoms with Crippen LogP contribution < -0.4 is 4.72 Å². The average molecular weight is 258 g/mol. The summed E-state index contributed by atoms with van der Waals surface area (Å²) in [6.07, 6.45) is 3.06. The maximum Gasteiger partial charge on any atom is 0.257 e. The van der Waals surface area contributed by atoms with Crippen LogP contribution >= 0.6 is 11.3 Å². The van der Waals surface area contributed by atoms with E-state index in [9.17, 15) is 8.42 Å². The van der Waals surface area contributed by atoms with Crippen LogP contribution in [0, 0.1) is 6.92 Å². The Labute approximate surface area is 96.8 Å². The average Bonchev–Trinajstić information content (AvgIpc) is 2.85. The molecule has 0 fully saturated rings. The Hall–Kier alpha value is -1.25. The third-order valence-corrected chi connectivity index (χ3v) is 4.11. The smallest absolute Gasteiger partial charge is 0.257 e. The lowest BCUT2D eigenvalue weighted by Crippen LogP contribution is -2.23. The number of thiazole rings is 1. The second-order valence-electron chi connectivity index (χ2n) is 3.09. The molecule has 0 radical (unpaired) electrons. The van der Waals surface area contributed by atoms with E-state index in [-0.39, 0.29) is 11.6 Å². The third kappa shape index (κ3) is 2.46. The van der Waals surface area contributed by atoms with Gasteiger partial charge in [-0.1, -0.05) is 0 Å². The topological polar surface area (TPSA) is 87.7 Å². The highest BCUT2D eigenvalue weighted by molar-refractivity contribution is 7.89. The van der Waals surface area contributed by atoms with Crippen LogP contribution in [0.25, 0.3) is 0 Å².